The van der Waals surface area contributed by atoms with Crippen molar-refractivity contribution in [1.82, 2.24) is 0 Å². The predicted molar refractivity (Wildman–Crippen MR) is 162 cm³/mol. The summed E-state index contributed by atoms with van der Waals surface area (Å²) in [5.41, 5.74) is 12.6. The van der Waals surface area contributed by atoms with Crippen LogP contribution in [0.1, 0.15) is 25.0 Å². The van der Waals surface area contributed by atoms with Gasteiger partial charge in [-0.15, -0.1) is 0 Å². The van der Waals surface area contributed by atoms with Gasteiger partial charge in [-0.2, -0.15) is 0 Å². The zero-order valence-electron chi connectivity index (χ0n) is 21.7. The van der Waals surface area contributed by atoms with Crippen LogP contribution in [-0.2, 0) is 5.41 Å². The minimum absolute atomic E-state index is 0.107. The van der Waals surface area contributed by atoms with E-state index in [1.165, 1.54) is 61.0 Å². The summed E-state index contributed by atoms with van der Waals surface area (Å²) in [6, 6.07) is 48.2. The lowest BCUT2D eigenvalue weighted by molar-refractivity contribution is 0.662. The fourth-order valence-corrected chi connectivity index (χ4v) is 6.16. The predicted octanol–water partition coefficient (Wildman–Crippen LogP) is 10.2. The summed E-state index contributed by atoms with van der Waals surface area (Å²) in [4.78, 5) is 0. The van der Waals surface area contributed by atoms with Crippen molar-refractivity contribution in [1.29, 1.82) is 0 Å². The number of hydrogen-bond donors (Lipinski definition) is 1. The molecule has 0 fully saturated rings. The van der Waals surface area contributed by atoms with E-state index in [4.69, 9.17) is 0 Å². The summed E-state index contributed by atoms with van der Waals surface area (Å²) in [6.07, 6.45) is 0. The second kappa shape index (κ2) is 8.75. The summed E-state index contributed by atoms with van der Waals surface area (Å²) in [7, 11) is 0. The van der Waals surface area contributed by atoms with E-state index >= 15 is 0 Å². The average molecular weight is 488 g/mol. The molecule has 0 heterocycles. The molecule has 7 rings (SSSR count). The minimum Gasteiger partial charge on any atom is -0.355 e. The molecule has 6 aromatic rings. The first kappa shape index (κ1) is 22.6. The Morgan fingerprint density at radius 1 is 0.500 bits per heavy atom. The van der Waals surface area contributed by atoms with Crippen molar-refractivity contribution in [3.8, 4) is 33.4 Å². The molecule has 1 aliphatic carbocycles. The monoisotopic (exact) mass is 487 g/mol. The van der Waals surface area contributed by atoms with Crippen LogP contribution >= 0.6 is 0 Å². The van der Waals surface area contributed by atoms with Gasteiger partial charge in [-0.25, -0.2) is 0 Å². The average Bonchev–Trinajstić information content (AvgIpc) is 3.21. The lowest BCUT2D eigenvalue weighted by Gasteiger charge is -2.25. The Balaban J connectivity index is 1.26. The number of anilines is 2. The molecule has 0 unspecified atom stereocenters. The lowest BCUT2D eigenvalue weighted by Crippen LogP contribution is -2.16. The van der Waals surface area contributed by atoms with Gasteiger partial charge in [-0.3, -0.25) is 0 Å². The van der Waals surface area contributed by atoms with Gasteiger partial charge in [0.2, 0.25) is 0 Å². The quantitative estimate of drug-likeness (QED) is 0.261. The molecule has 0 saturated heterocycles. The Morgan fingerprint density at radius 2 is 1.18 bits per heavy atom. The highest BCUT2D eigenvalue weighted by molar-refractivity contribution is 5.95. The van der Waals surface area contributed by atoms with E-state index in [-0.39, 0.29) is 5.41 Å². The number of fused-ring (bicyclic) bond motifs is 4. The van der Waals surface area contributed by atoms with Gasteiger partial charge in [0.15, 0.2) is 0 Å². The van der Waals surface area contributed by atoms with Crippen LogP contribution in [0.15, 0.2) is 133 Å². The molecule has 38 heavy (non-hydrogen) atoms. The molecule has 6 aromatic carbocycles. The SMILES string of the molecule is CC1(C)c2cccc(-c3ccccc3)c2-c2cccc(Nc3ccc(-c4ccc5ccccc5c4)cc3)c21. The van der Waals surface area contributed by atoms with Crippen LogP contribution in [0.25, 0.3) is 44.2 Å². The summed E-state index contributed by atoms with van der Waals surface area (Å²) in [5, 5.41) is 6.30. The highest BCUT2D eigenvalue weighted by Crippen LogP contribution is 2.54. The first-order chi connectivity index (χ1) is 18.6. The smallest absolute Gasteiger partial charge is 0.0431 e. The molecule has 182 valence electrons. The summed E-state index contributed by atoms with van der Waals surface area (Å²) < 4.78 is 0. The Bertz CT molecular complexity index is 1790. The summed E-state index contributed by atoms with van der Waals surface area (Å²) in [5.74, 6) is 0. The highest BCUT2D eigenvalue weighted by atomic mass is 14.9. The van der Waals surface area contributed by atoms with Crippen LogP contribution in [0.3, 0.4) is 0 Å². The van der Waals surface area contributed by atoms with Crippen LogP contribution in [0, 0.1) is 0 Å². The largest absolute Gasteiger partial charge is 0.355 e. The maximum Gasteiger partial charge on any atom is 0.0431 e. The van der Waals surface area contributed by atoms with Gasteiger partial charge >= 0.3 is 0 Å². The van der Waals surface area contributed by atoms with Gasteiger partial charge in [0.1, 0.15) is 0 Å². The molecule has 0 aliphatic heterocycles. The van der Waals surface area contributed by atoms with Gasteiger partial charge in [0.05, 0.1) is 0 Å². The summed E-state index contributed by atoms with van der Waals surface area (Å²) in [6.45, 7) is 4.70. The van der Waals surface area contributed by atoms with Gasteiger partial charge in [0, 0.05) is 16.8 Å². The molecule has 0 saturated carbocycles. The van der Waals surface area contributed by atoms with Crippen molar-refractivity contribution in [2.45, 2.75) is 19.3 Å². The van der Waals surface area contributed by atoms with E-state index in [1.807, 2.05) is 0 Å². The van der Waals surface area contributed by atoms with Crippen LogP contribution in [0.2, 0.25) is 0 Å². The van der Waals surface area contributed by atoms with E-state index in [0.29, 0.717) is 0 Å². The van der Waals surface area contributed by atoms with E-state index in [9.17, 15) is 0 Å². The topological polar surface area (TPSA) is 12.0 Å². The molecule has 0 radical (unpaired) electrons. The van der Waals surface area contributed by atoms with Crippen molar-refractivity contribution >= 4 is 22.1 Å². The number of hydrogen-bond acceptors (Lipinski definition) is 1. The van der Waals surface area contributed by atoms with E-state index < -0.39 is 0 Å². The Hall–Kier alpha value is -4.62. The molecule has 1 heteroatoms. The van der Waals surface area contributed by atoms with E-state index in [0.717, 1.165) is 5.69 Å². The van der Waals surface area contributed by atoms with Crippen molar-refractivity contribution in [2.24, 2.45) is 0 Å². The molecule has 1 N–H and O–H groups in total. The molecule has 0 atom stereocenters. The van der Waals surface area contributed by atoms with E-state index in [1.54, 1.807) is 0 Å². The van der Waals surface area contributed by atoms with Crippen molar-refractivity contribution in [3.63, 3.8) is 0 Å². The first-order valence-corrected chi connectivity index (χ1v) is 13.3. The molecule has 0 bridgehead atoms. The first-order valence-electron chi connectivity index (χ1n) is 13.3. The third-order valence-corrected chi connectivity index (χ3v) is 8.03. The van der Waals surface area contributed by atoms with Crippen LogP contribution in [0.5, 0.6) is 0 Å². The maximum atomic E-state index is 3.76. The molecule has 0 amide bonds. The zero-order chi connectivity index (χ0) is 25.7. The minimum atomic E-state index is -0.107. The van der Waals surface area contributed by atoms with Gasteiger partial charge in [0.25, 0.3) is 0 Å². The number of benzene rings is 6. The summed E-state index contributed by atoms with van der Waals surface area (Å²) >= 11 is 0. The maximum absolute atomic E-state index is 3.76. The van der Waals surface area contributed by atoms with Crippen LogP contribution in [0.4, 0.5) is 11.4 Å². The second-order valence-corrected chi connectivity index (χ2v) is 10.7. The third kappa shape index (κ3) is 3.63. The van der Waals surface area contributed by atoms with Gasteiger partial charge < -0.3 is 5.32 Å². The second-order valence-electron chi connectivity index (χ2n) is 10.7. The number of rotatable bonds is 4. The van der Waals surface area contributed by atoms with Gasteiger partial charge in [-0.1, -0.05) is 123 Å². The Labute approximate surface area is 224 Å². The molecule has 1 aliphatic rings. The highest BCUT2D eigenvalue weighted by Gasteiger charge is 2.38. The molecule has 1 nitrogen and oxygen atoms in total. The van der Waals surface area contributed by atoms with Crippen molar-refractivity contribution < 1.29 is 0 Å². The normalized spacial score (nSPS) is 13.2. The molecule has 0 spiro atoms. The third-order valence-electron chi connectivity index (χ3n) is 8.03. The van der Waals surface area contributed by atoms with Gasteiger partial charge in [-0.05, 0) is 79.5 Å². The standard InChI is InChI=1S/C37H29N/c1-37(2)33-16-8-14-31(27-11-4-3-5-12-27)35(33)32-15-9-17-34(36(32)37)38-30-22-20-26(21-23-30)29-19-18-25-10-6-7-13-28(25)24-29/h3-24,38H,1-2H3. The molecular weight excluding hydrogens is 458 g/mol. The molecule has 0 aromatic heterocycles. The van der Waals surface area contributed by atoms with Crippen molar-refractivity contribution in [3.05, 3.63) is 145 Å². The molecular formula is C37H29N. The fourth-order valence-electron chi connectivity index (χ4n) is 6.16. The fraction of sp³-hybridized carbons (Fsp3) is 0.0811. The Morgan fingerprint density at radius 3 is 2.00 bits per heavy atom. The van der Waals surface area contributed by atoms with Crippen LogP contribution < -0.4 is 5.32 Å². The Kier molecular flexibility index (Phi) is 5.19. The zero-order valence-corrected chi connectivity index (χ0v) is 21.7. The van der Waals surface area contributed by atoms with Crippen LogP contribution in [-0.4, -0.2) is 0 Å². The number of nitrogens with one attached hydrogen (secondary N) is 1. The van der Waals surface area contributed by atoms with E-state index in [2.05, 4.69) is 153 Å². The van der Waals surface area contributed by atoms with Crippen molar-refractivity contribution in [2.75, 3.05) is 5.32 Å². The lowest BCUT2D eigenvalue weighted by atomic mass is 9.81.